The van der Waals surface area contributed by atoms with Gasteiger partial charge in [-0.25, -0.2) is 0 Å². The molecule has 1 aliphatic heterocycles. The number of carbonyl (C=O) groups is 1. The molecule has 1 saturated carbocycles. The van der Waals surface area contributed by atoms with E-state index in [4.69, 9.17) is 0 Å². The van der Waals surface area contributed by atoms with Crippen molar-refractivity contribution >= 4 is 5.91 Å². The van der Waals surface area contributed by atoms with Crippen molar-refractivity contribution < 1.29 is 4.79 Å². The summed E-state index contributed by atoms with van der Waals surface area (Å²) in [7, 11) is 0. The van der Waals surface area contributed by atoms with Crippen molar-refractivity contribution in [1.82, 2.24) is 5.32 Å². The highest BCUT2D eigenvalue weighted by atomic mass is 16.2. The number of hydrogen-bond donors (Lipinski definition) is 1. The van der Waals surface area contributed by atoms with Crippen molar-refractivity contribution in [1.29, 1.82) is 0 Å². The van der Waals surface area contributed by atoms with Crippen molar-refractivity contribution in [2.45, 2.75) is 50.5 Å². The highest BCUT2D eigenvalue weighted by Gasteiger charge is 2.42. The predicted molar refractivity (Wildman–Crippen MR) is 68.0 cm³/mol. The largest absolute Gasteiger partial charge is 0.351 e. The van der Waals surface area contributed by atoms with Gasteiger partial charge in [-0.3, -0.25) is 4.79 Å². The zero-order chi connectivity index (χ0) is 12.0. The van der Waals surface area contributed by atoms with Gasteiger partial charge in [-0.15, -0.1) is 0 Å². The Kier molecular flexibility index (Phi) is 2.29. The minimum absolute atomic E-state index is 0.109. The van der Waals surface area contributed by atoms with Crippen LogP contribution < -0.4 is 5.32 Å². The molecule has 2 fully saturated rings. The van der Waals surface area contributed by atoms with Crippen LogP contribution in [0.25, 0.3) is 0 Å². The van der Waals surface area contributed by atoms with E-state index in [0.29, 0.717) is 12.3 Å². The van der Waals surface area contributed by atoms with Gasteiger partial charge in [0.1, 0.15) is 0 Å². The maximum atomic E-state index is 11.6. The molecule has 1 aliphatic carbocycles. The van der Waals surface area contributed by atoms with Crippen molar-refractivity contribution in [2.24, 2.45) is 0 Å². The number of rotatable bonds is 2. The first-order chi connectivity index (χ1) is 8.08. The number of carbonyl (C=O) groups excluding carboxylic acids is 1. The van der Waals surface area contributed by atoms with Gasteiger partial charge in [0.05, 0.1) is 0 Å². The van der Waals surface area contributed by atoms with Gasteiger partial charge in [0.25, 0.3) is 0 Å². The van der Waals surface area contributed by atoms with Crippen LogP contribution in [0.5, 0.6) is 0 Å². The fourth-order valence-corrected chi connectivity index (χ4v) is 3.03. The van der Waals surface area contributed by atoms with E-state index in [1.165, 1.54) is 24.0 Å². The topological polar surface area (TPSA) is 29.1 Å². The zero-order valence-corrected chi connectivity index (χ0v) is 10.5. The Morgan fingerprint density at radius 3 is 2.35 bits per heavy atom. The van der Waals surface area contributed by atoms with Gasteiger partial charge in [-0.05, 0) is 43.7 Å². The Labute approximate surface area is 102 Å². The fraction of sp³-hybridized carbons (Fsp3) is 0.533. The quantitative estimate of drug-likeness (QED) is 0.830. The normalized spacial score (nSPS) is 26.9. The summed E-state index contributed by atoms with van der Waals surface area (Å²) in [6.45, 7) is 4.26. The molecule has 2 heteroatoms. The van der Waals surface area contributed by atoms with E-state index in [2.05, 4.69) is 43.4 Å². The molecule has 0 bridgehead atoms. The number of hydrogen-bond acceptors (Lipinski definition) is 1. The van der Waals surface area contributed by atoms with E-state index in [1.54, 1.807) is 0 Å². The van der Waals surface area contributed by atoms with Crippen LogP contribution in [0.3, 0.4) is 0 Å². The molecule has 1 heterocycles. The second-order valence-corrected chi connectivity index (χ2v) is 5.93. The molecule has 90 valence electrons. The van der Waals surface area contributed by atoms with Crippen molar-refractivity contribution in [3.05, 3.63) is 35.4 Å². The summed E-state index contributed by atoms with van der Waals surface area (Å²) in [5, 5.41) is 3.09. The molecule has 1 N–H and O–H groups in total. The van der Waals surface area contributed by atoms with E-state index in [9.17, 15) is 4.79 Å². The fourth-order valence-electron chi connectivity index (χ4n) is 3.03. The Hall–Kier alpha value is -1.31. The molecule has 17 heavy (non-hydrogen) atoms. The highest BCUT2D eigenvalue weighted by molar-refractivity contribution is 5.81. The summed E-state index contributed by atoms with van der Waals surface area (Å²) in [6.07, 6.45) is 3.26. The van der Waals surface area contributed by atoms with Gasteiger partial charge >= 0.3 is 0 Å². The molecule has 0 radical (unpaired) electrons. The first-order valence-corrected chi connectivity index (χ1v) is 6.48. The van der Waals surface area contributed by atoms with Gasteiger partial charge in [0.15, 0.2) is 0 Å². The van der Waals surface area contributed by atoms with Crippen LogP contribution >= 0.6 is 0 Å². The van der Waals surface area contributed by atoms with Gasteiger partial charge in [0.2, 0.25) is 5.91 Å². The first kappa shape index (κ1) is 10.8. The van der Waals surface area contributed by atoms with Gasteiger partial charge < -0.3 is 5.32 Å². The van der Waals surface area contributed by atoms with Crippen LogP contribution in [-0.2, 0) is 4.79 Å². The van der Waals surface area contributed by atoms with Crippen LogP contribution in [0.1, 0.15) is 56.1 Å². The summed E-state index contributed by atoms with van der Waals surface area (Å²) in [6, 6.07) is 8.67. The Bertz CT molecular complexity index is 460. The molecule has 2 nitrogen and oxygen atoms in total. The van der Waals surface area contributed by atoms with Crippen molar-refractivity contribution in [2.75, 3.05) is 0 Å². The van der Waals surface area contributed by atoms with Gasteiger partial charge in [0, 0.05) is 17.9 Å². The van der Waals surface area contributed by atoms with E-state index in [1.807, 2.05) is 0 Å². The lowest BCUT2D eigenvalue weighted by molar-refractivity contribution is -0.119. The lowest BCUT2D eigenvalue weighted by atomic mass is 9.80. The molecule has 1 amide bonds. The Balaban J connectivity index is 2.01. The molecule has 2 aliphatic rings. The third-order valence-corrected chi connectivity index (χ3v) is 4.11. The molecule has 0 spiro atoms. The maximum Gasteiger partial charge on any atom is 0.221 e. The van der Waals surface area contributed by atoms with Crippen LogP contribution in [0, 0.1) is 0 Å². The van der Waals surface area contributed by atoms with E-state index >= 15 is 0 Å². The van der Waals surface area contributed by atoms with Crippen LogP contribution in [-0.4, -0.2) is 11.4 Å². The van der Waals surface area contributed by atoms with E-state index in [-0.39, 0.29) is 11.4 Å². The van der Waals surface area contributed by atoms with E-state index < -0.39 is 0 Å². The average Bonchev–Trinajstić information content (AvgIpc) is 3.05. The molecule has 1 aromatic rings. The highest BCUT2D eigenvalue weighted by Crippen LogP contribution is 2.46. The molecular formula is C15H19NO. The second-order valence-electron chi connectivity index (χ2n) is 5.93. The summed E-state index contributed by atoms with van der Waals surface area (Å²) in [4.78, 5) is 11.6. The number of benzene rings is 1. The number of nitrogens with one attached hydrogen (secondary N) is 1. The molecule has 0 aromatic heterocycles. The minimum Gasteiger partial charge on any atom is -0.351 e. The SMILES string of the molecule is CC1(C)NC(=O)CC1c1ccccc1C1CC1. The molecule has 1 saturated heterocycles. The lowest BCUT2D eigenvalue weighted by Crippen LogP contribution is -2.38. The predicted octanol–water partition coefficient (Wildman–Crippen LogP) is 2.95. The summed E-state index contributed by atoms with van der Waals surface area (Å²) in [5.74, 6) is 1.26. The van der Waals surface area contributed by atoms with Crippen molar-refractivity contribution in [3.63, 3.8) is 0 Å². The average molecular weight is 229 g/mol. The third-order valence-electron chi connectivity index (χ3n) is 4.11. The maximum absolute atomic E-state index is 11.6. The first-order valence-electron chi connectivity index (χ1n) is 6.48. The standard InChI is InChI=1S/C15H19NO/c1-15(2)13(9-14(17)16-15)12-6-4-3-5-11(12)10-7-8-10/h3-6,10,13H,7-9H2,1-2H3,(H,16,17). The minimum atomic E-state index is -0.109. The molecule has 1 aromatic carbocycles. The summed E-state index contributed by atoms with van der Waals surface area (Å²) in [5.41, 5.74) is 2.75. The molecular weight excluding hydrogens is 210 g/mol. The Morgan fingerprint density at radius 2 is 1.82 bits per heavy atom. The van der Waals surface area contributed by atoms with Crippen LogP contribution in [0.2, 0.25) is 0 Å². The third kappa shape index (κ3) is 1.86. The zero-order valence-electron chi connectivity index (χ0n) is 10.5. The smallest absolute Gasteiger partial charge is 0.221 e. The van der Waals surface area contributed by atoms with Gasteiger partial charge in [-0.2, -0.15) is 0 Å². The summed E-state index contributed by atoms with van der Waals surface area (Å²) < 4.78 is 0. The van der Waals surface area contributed by atoms with Crippen molar-refractivity contribution in [3.8, 4) is 0 Å². The van der Waals surface area contributed by atoms with E-state index in [0.717, 1.165) is 5.92 Å². The molecule has 1 unspecified atom stereocenters. The lowest BCUT2D eigenvalue weighted by Gasteiger charge is -2.28. The molecule has 3 rings (SSSR count). The monoisotopic (exact) mass is 229 g/mol. The summed E-state index contributed by atoms with van der Waals surface area (Å²) >= 11 is 0. The Morgan fingerprint density at radius 1 is 1.18 bits per heavy atom. The van der Waals surface area contributed by atoms with Crippen LogP contribution in [0.4, 0.5) is 0 Å². The number of amides is 1. The van der Waals surface area contributed by atoms with Crippen LogP contribution in [0.15, 0.2) is 24.3 Å². The second kappa shape index (κ2) is 3.59. The molecule has 1 atom stereocenters. The van der Waals surface area contributed by atoms with Gasteiger partial charge in [-0.1, -0.05) is 24.3 Å².